The maximum atomic E-state index is 9.75. The number of thiazole rings is 1. The average Bonchev–Trinajstić information content (AvgIpc) is 3.26. The lowest BCUT2D eigenvalue weighted by molar-refractivity contribution is 0.318. The van der Waals surface area contributed by atoms with Crippen LogP contribution in [0.5, 0.6) is 11.5 Å². The van der Waals surface area contributed by atoms with Crippen LogP contribution >= 0.6 is 11.3 Å². The van der Waals surface area contributed by atoms with Crippen LogP contribution in [0.3, 0.4) is 0 Å². The number of hydrogen-bond donors (Lipinski definition) is 1. The molecule has 1 N–H and O–H groups in total. The number of rotatable bonds is 5. The van der Waals surface area contributed by atoms with Crippen LogP contribution in [0.25, 0.3) is 23.1 Å². The van der Waals surface area contributed by atoms with Crippen LogP contribution in [0.4, 0.5) is 0 Å². The number of nitriles is 1. The van der Waals surface area contributed by atoms with Gasteiger partial charge in [-0.15, -0.1) is 11.3 Å². The van der Waals surface area contributed by atoms with E-state index in [9.17, 15) is 10.4 Å². The Balaban J connectivity index is 1.93. The lowest BCUT2D eigenvalue weighted by Gasteiger charge is -2.06. The Labute approximate surface area is 143 Å². The number of allylic oxidation sites excluding steroid dienone is 1. The number of nitrogens with zero attached hydrogens (tertiary/aromatic N) is 2. The molecule has 0 bridgehead atoms. The molecule has 0 atom stereocenters. The summed E-state index contributed by atoms with van der Waals surface area (Å²) in [5.74, 6) is 1.12. The molecule has 5 nitrogen and oxygen atoms in total. The minimum Gasteiger partial charge on any atom is -0.504 e. The molecule has 0 aliphatic carbocycles. The van der Waals surface area contributed by atoms with Gasteiger partial charge in [0.15, 0.2) is 17.3 Å². The molecule has 2 aromatic heterocycles. The molecule has 3 rings (SSSR count). The van der Waals surface area contributed by atoms with Gasteiger partial charge in [0, 0.05) is 5.38 Å². The normalized spacial score (nSPS) is 11.2. The fourth-order valence-electron chi connectivity index (χ4n) is 2.14. The average molecular weight is 338 g/mol. The third-order valence-corrected chi connectivity index (χ3v) is 4.10. The van der Waals surface area contributed by atoms with Gasteiger partial charge in [0.2, 0.25) is 0 Å². The Morgan fingerprint density at radius 2 is 2.33 bits per heavy atom. The second-order valence-electron chi connectivity index (χ2n) is 4.85. The van der Waals surface area contributed by atoms with E-state index >= 15 is 0 Å². The minimum absolute atomic E-state index is 0.0712. The first-order chi connectivity index (χ1) is 11.7. The zero-order chi connectivity index (χ0) is 16.9. The highest BCUT2D eigenvalue weighted by atomic mass is 32.1. The van der Waals surface area contributed by atoms with Crippen LogP contribution < -0.4 is 4.74 Å². The van der Waals surface area contributed by atoms with E-state index in [1.807, 2.05) is 18.4 Å². The summed E-state index contributed by atoms with van der Waals surface area (Å²) >= 11 is 1.37. The third kappa shape index (κ3) is 3.31. The topological polar surface area (TPSA) is 79.3 Å². The fraction of sp³-hybridized carbons (Fsp3) is 0.111. The number of phenols is 1. The summed E-state index contributed by atoms with van der Waals surface area (Å²) < 4.78 is 10.7. The Morgan fingerprint density at radius 3 is 3.04 bits per heavy atom. The molecule has 3 aromatic rings. The van der Waals surface area contributed by atoms with Crippen molar-refractivity contribution in [1.29, 1.82) is 5.26 Å². The summed E-state index contributed by atoms with van der Waals surface area (Å²) in [6.45, 7) is 2.29. The van der Waals surface area contributed by atoms with Gasteiger partial charge in [-0.25, -0.2) is 4.98 Å². The largest absolute Gasteiger partial charge is 0.504 e. The zero-order valence-corrected chi connectivity index (χ0v) is 13.7. The predicted octanol–water partition coefficient (Wildman–Crippen LogP) is 4.57. The van der Waals surface area contributed by atoms with E-state index in [2.05, 4.69) is 11.1 Å². The van der Waals surface area contributed by atoms with Crippen molar-refractivity contribution < 1.29 is 14.3 Å². The first-order valence-electron chi connectivity index (χ1n) is 7.28. The van der Waals surface area contributed by atoms with Gasteiger partial charge in [-0.1, -0.05) is 6.07 Å². The summed E-state index contributed by atoms with van der Waals surface area (Å²) in [5, 5.41) is 21.7. The Kier molecular flexibility index (Phi) is 4.64. The number of hydrogen-bond acceptors (Lipinski definition) is 6. The van der Waals surface area contributed by atoms with E-state index < -0.39 is 0 Å². The number of aromatic nitrogens is 1. The Morgan fingerprint density at radius 1 is 1.46 bits per heavy atom. The Hall–Kier alpha value is -3.04. The highest BCUT2D eigenvalue weighted by molar-refractivity contribution is 7.11. The van der Waals surface area contributed by atoms with Crippen molar-refractivity contribution in [3.8, 4) is 29.0 Å². The maximum Gasteiger partial charge on any atom is 0.161 e. The first-order valence-corrected chi connectivity index (χ1v) is 8.16. The van der Waals surface area contributed by atoms with Gasteiger partial charge in [-0.2, -0.15) is 5.26 Å². The molecule has 120 valence electrons. The summed E-state index contributed by atoms with van der Waals surface area (Å²) in [7, 11) is 0. The van der Waals surface area contributed by atoms with Gasteiger partial charge in [0.25, 0.3) is 0 Å². The second-order valence-corrected chi connectivity index (χ2v) is 5.70. The zero-order valence-electron chi connectivity index (χ0n) is 12.9. The van der Waals surface area contributed by atoms with E-state index in [1.54, 1.807) is 36.6 Å². The van der Waals surface area contributed by atoms with Crippen molar-refractivity contribution in [1.82, 2.24) is 4.98 Å². The smallest absolute Gasteiger partial charge is 0.161 e. The molecule has 2 heterocycles. The van der Waals surface area contributed by atoms with Crippen molar-refractivity contribution in [2.24, 2.45) is 0 Å². The highest BCUT2D eigenvalue weighted by Crippen LogP contribution is 2.30. The van der Waals surface area contributed by atoms with Gasteiger partial charge < -0.3 is 14.3 Å². The SMILES string of the molecule is CCOc1cc(/C=C(\C#N)c2nc(-c3ccco3)cs2)ccc1O. The van der Waals surface area contributed by atoms with Gasteiger partial charge in [-0.05, 0) is 42.8 Å². The van der Waals surface area contributed by atoms with Crippen molar-refractivity contribution >= 4 is 23.0 Å². The Bertz CT molecular complexity index is 905. The standard InChI is InChI=1S/C18H14N2O3S/c1-2-22-17-9-12(5-6-15(17)21)8-13(10-19)18-20-14(11-24-18)16-4-3-7-23-16/h3-9,11,21H,2H2,1H3/b13-8+. The number of furan rings is 1. The van der Waals surface area contributed by atoms with Crippen molar-refractivity contribution in [3.05, 3.63) is 52.5 Å². The van der Waals surface area contributed by atoms with Gasteiger partial charge >= 0.3 is 0 Å². The van der Waals surface area contributed by atoms with Crippen molar-refractivity contribution in [3.63, 3.8) is 0 Å². The third-order valence-electron chi connectivity index (χ3n) is 3.22. The number of aromatic hydroxyl groups is 1. The van der Waals surface area contributed by atoms with Crippen molar-refractivity contribution in [2.75, 3.05) is 6.61 Å². The number of ether oxygens (including phenoxy) is 1. The number of benzene rings is 1. The lowest BCUT2D eigenvalue weighted by Crippen LogP contribution is -1.92. The lowest BCUT2D eigenvalue weighted by atomic mass is 10.1. The van der Waals surface area contributed by atoms with E-state index in [4.69, 9.17) is 9.15 Å². The molecule has 0 saturated carbocycles. The van der Waals surface area contributed by atoms with Crippen LogP contribution in [0.1, 0.15) is 17.5 Å². The summed E-state index contributed by atoms with van der Waals surface area (Å²) in [6, 6.07) is 10.7. The number of phenolic OH excluding ortho intramolecular Hbond substituents is 1. The molecule has 0 saturated heterocycles. The highest BCUT2D eigenvalue weighted by Gasteiger charge is 2.11. The van der Waals surface area contributed by atoms with Gasteiger partial charge in [0.05, 0.1) is 18.4 Å². The summed E-state index contributed by atoms with van der Waals surface area (Å²) in [4.78, 5) is 4.45. The van der Waals surface area contributed by atoms with Gasteiger partial charge in [0.1, 0.15) is 16.8 Å². The molecule has 0 unspecified atom stereocenters. The predicted molar refractivity (Wildman–Crippen MR) is 92.6 cm³/mol. The van der Waals surface area contributed by atoms with E-state index in [0.29, 0.717) is 34.4 Å². The molecule has 0 fully saturated rings. The van der Waals surface area contributed by atoms with Gasteiger partial charge in [-0.3, -0.25) is 0 Å². The summed E-state index contributed by atoms with van der Waals surface area (Å²) in [5.41, 5.74) is 1.88. The summed E-state index contributed by atoms with van der Waals surface area (Å²) in [6.07, 6.45) is 3.30. The molecule has 6 heteroatoms. The van der Waals surface area contributed by atoms with Crippen LogP contribution in [0, 0.1) is 11.3 Å². The van der Waals surface area contributed by atoms with E-state index in [0.717, 1.165) is 5.56 Å². The maximum absolute atomic E-state index is 9.75. The molecule has 0 aliphatic heterocycles. The quantitative estimate of drug-likeness (QED) is 0.689. The fourth-order valence-corrected chi connectivity index (χ4v) is 2.91. The molecular weight excluding hydrogens is 324 g/mol. The molecule has 1 aromatic carbocycles. The molecular formula is C18H14N2O3S. The minimum atomic E-state index is 0.0712. The second kappa shape index (κ2) is 7.02. The van der Waals surface area contributed by atoms with Crippen LogP contribution in [-0.4, -0.2) is 16.7 Å². The van der Waals surface area contributed by atoms with E-state index in [-0.39, 0.29) is 5.75 Å². The van der Waals surface area contributed by atoms with Crippen LogP contribution in [-0.2, 0) is 0 Å². The molecule has 0 amide bonds. The molecule has 24 heavy (non-hydrogen) atoms. The van der Waals surface area contributed by atoms with Crippen LogP contribution in [0.2, 0.25) is 0 Å². The molecule has 0 spiro atoms. The first kappa shape index (κ1) is 15.8. The monoisotopic (exact) mass is 338 g/mol. The molecule has 0 aliphatic rings. The molecule has 0 radical (unpaired) electrons. The van der Waals surface area contributed by atoms with Crippen molar-refractivity contribution in [2.45, 2.75) is 6.92 Å². The van der Waals surface area contributed by atoms with E-state index in [1.165, 1.54) is 11.3 Å². The van der Waals surface area contributed by atoms with Crippen LogP contribution in [0.15, 0.2) is 46.4 Å².